The molecule has 0 spiro atoms. The minimum atomic E-state index is 0.460. The molecule has 0 atom stereocenters. The van der Waals surface area contributed by atoms with Crippen LogP contribution in [-0.4, -0.2) is 22.2 Å². The predicted molar refractivity (Wildman–Crippen MR) is 90.2 cm³/mol. The number of nitrogens with zero attached hydrogens (tertiary/aromatic N) is 3. The van der Waals surface area contributed by atoms with Gasteiger partial charge in [0.25, 0.3) is 5.89 Å². The summed E-state index contributed by atoms with van der Waals surface area (Å²) in [6, 6.07) is 15.3. The fraction of sp³-hybridized carbons (Fsp3) is 0.0556. The molecule has 0 saturated heterocycles. The Bertz CT molecular complexity index is 943. The molecule has 0 aliphatic carbocycles. The average Bonchev–Trinajstić information content (AvgIpc) is 3.34. The van der Waals surface area contributed by atoms with Crippen molar-refractivity contribution >= 4 is 5.82 Å². The van der Waals surface area contributed by atoms with Gasteiger partial charge < -0.3 is 14.3 Å². The van der Waals surface area contributed by atoms with Crippen molar-refractivity contribution in [3.05, 3.63) is 61.0 Å². The lowest BCUT2D eigenvalue weighted by atomic mass is 10.1. The Balaban J connectivity index is 1.65. The van der Waals surface area contributed by atoms with Gasteiger partial charge in [-0.05, 0) is 36.4 Å². The molecule has 6 heteroatoms. The van der Waals surface area contributed by atoms with Crippen LogP contribution in [0.15, 0.2) is 69.9 Å². The highest BCUT2D eigenvalue weighted by Gasteiger charge is 2.14. The summed E-state index contributed by atoms with van der Waals surface area (Å²) in [4.78, 5) is 8.72. The van der Waals surface area contributed by atoms with E-state index in [0.717, 1.165) is 22.5 Å². The lowest BCUT2D eigenvalue weighted by molar-refractivity contribution is 0.432. The monoisotopic (exact) mass is 318 g/mol. The van der Waals surface area contributed by atoms with E-state index >= 15 is 0 Å². The van der Waals surface area contributed by atoms with Crippen LogP contribution >= 0.6 is 0 Å². The molecule has 3 aromatic heterocycles. The largest absolute Gasteiger partial charge is 0.464 e. The molecule has 6 nitrogen and oxygen atoms in total. The summed E-state index contributed by atoms with van der Waals surface area (Å²) >= 11 is 0. The second-order valence-electron chi connectivity index (χ2n) is 5.13. The van der Waals surface area contributed by atoms with E-state index in [2.05, 4.69) is 20.4 Å². The number of hydrogen-bond acceptors (Lipinski definition) is 6. The van der Waals surface area contributed by atoms with Crippen LogP contribution in [0.25, 0.3) is 34.2 Å². The van der Waals surface area contributed by atoms with Gasteiger partial charge >= 0.3 is 0 Å². The van der Waals surface area contributed by atoms with E-state index in [4.69, 9.17) is 8.94 Å². The first-order valence-corrected chi connectivity index (χ1v) is 7.46. The highest BCUT2D eigenvalue weighted by atomic mass is 16.5. The summed E-state index contributed by atoms with van der Waals surface area (Å²) in [6.07, 6.45) is 3.37. The first-order chi connectivity index (χ1) is 11.8. The molecule has 1 aromatic carbocycles. The Hall–Kier alpha value is -3.41. The molecule has 24 heavy (non-hydrogen) atoms. The van der Waals surface area contributed by atoms with E-state index < -0.39 is 0 Å². The summed E-state index contributed by atoms with van der Waals surface area (Å²) in [5.74, 6) is 2.49. The highest BCUT2D eigenvalue weighted by Crippen LogP contribution is 2.27. The first kappa shape index (κ1) is 14.2. The number of hydrogen-bond donors (Lipinski definition) is 1. The number of anilines is 1. The van der Waals surface area contributed by atoms with Gasteiger partial charge in [0.1, 0.15) is 11.6 Å². The van der Waals surface area contributed by atoms with Crippen LogP contribution in [0.4, 0.5) is 5.82 Å². The third kappa shape index (κ3) is 2.54. The Morgan fingerprint density at radius 2 is 1.79 bits per heavy atom. The van der Waals surface area contributed by atoms with Crippen LogP contribution in [0.2, 0.25) is 0 Å². The van der Waals surface area contributed by atoms with Crippen molar-refractivity contribution in [1.82, 2.24) is 15.1 Å². The third-order valence-corrected chi connectivity index (χ3v) is 3.65. The maximum Gasteiger partial charge on any atom is 0.258 e. The standard InChI is InChI=1S/C18H14N4O2/c1-19-16-14(4-2-10-20-16)17-21-18(24-22-17)13-8-6-12(7-9-13)15-5-3-11-23-15/h2-11H,1H3,(H,19,20). The van der Waals surface area contributed by atoms with Crippen molar-refractivity contribution in [3.8, 4) is 34.2 Å². The van der Waals surface area contributed by atoms with Gasteiger partial charge in [0.05, 0.1) is 11.8 Å². The quantitative estimate of drug-likeness (QED) is 0.610. The molecule has 1 N–H and O–H groups in total. The van der Waals surface area contributed by atoms with Gasteiger partial charge in [-0.15, -0.1) is 0 Å². The summed E-state index contributed by atoms with van der Waals surface area (Å²) < 4.78 is 10.8. The van der Waals surface area contributed by atoms with E-state index in [1.807, 2.05) is 48.5 Å². The maximum absolute atomic E-state index is 5.40. The molecule has 0 aliphatic heterocycles. The fourth-order valence-corrected chi connectivity index (χ4v) is 2.45. The average molecular weight is 318 g/mol. The molecule has 0 radical (unpaired) electrons. The lowest BCUT2D eigenvalue weighted by Gasteiger charge is -2.02. The van der Waals surface area contributed by atoms with E-state index in [9.17, 15) is 0 Å². The molecule has 0 saturated carbocycles. The zero-order chi connectivity index (χ0) is 16.4. The molecule has 3 heterocycles. The van der Waals surface area contributed by atoms with Gasteiger partial charge in [0, 0.05) is 24.4 Å². The van der Waals surface area contributed by atoms with Crippen molar-refractivity contribution in [2.24, 2.45) is 0 Å². The fourth-order valence-electron chi connectivity index (χ4n) is 2.45. The number of furan rings is 1. The second kappa shape index (κ2) is 6.00. The van der Waals surface area contributed by atoms with Gasteiger partial charge in [-0.25, -0.2) is 4.98 Å². The smallest absolute Gasteiger partial charge is 0.258 e. The van der Waals surface area contributed by atoms with E-state index in [-0.39, 0.29) is 0 Å². The van der Waals surface area contributed by atoms with Crippen LogP contribution in [0.5, 0.6) is 0 Å². The van der Waals surface area contributed by atoms with Crippen LogP contribution in [-0.2, 0) is 0 Å². The Morgan fingerprint density at radius 1 is 0.958 bits per heavy atom. The third-order valence-electron chi connectivity index (χ3n) is 3.65. The zero-order valence-corrected chi connectivity index (χ0v) is 12.9. The topological polar surface area (TPSA) is 77.0 Å². The van der Waals surface area contributed by atoms with Crippen LogP contribution in [0.1, 0.15) is 0 Å². The van der Waals surface area contributed by atoms with Crippen LogP contribution < -0.4 is 5.32 Å². The molecular formula is C18H14N4O2. The molecule has 0 fully saturated rings. The Kier molecular flexibility index (Phi) is 3.55. The summed E-state index contributed by atoms with van der Waals surface area (Å²) in [5, 5.41) is 7.08. The van der Waals surface area contributed by atoms with Crippen LogP contribution in [0.3, 0.4) is 0 Å². The second-order valence-corrected chi connectivity index (χ2v) is 5.13. The molecule has 4 aromatic rings. The van der Waals surface area contributed by atoms with E-state index in [0.29, 0.717) is 17.5 Å². The first-order valence-electron chi connectivity index (χ1n) is 7.46. The molecule has 0 unspecified atom stereocenters. The minimum absolute atomic E-state index is 0.460. The number of pyridine rings is 1. The van der Waals surface area contributed by atoms with E-state index in [1.54, 1.807) is 19.5 Å². The molecular weight excluding hydrogens is 304 g/mol. The van der Waals surface area contributed by atoms with Crippen molar-refractivity contribution in [2.75, 3.05) is 12.4 Å². The normalized spacial score (nSPS) is 10.7. The molecule has 118 valence electrons. The predicted octanol–water partition coefficient (Wildman–Crippen LogP) is 4.10. The number of benzene rings is 1. The number of aromatic nitrogens is 3. The number of nitrogens with one attached hydrogen (secondary N) is 1. The van der Waals surface area contributed by atoms with Crippen molar-refractivity contribution in [2.45, 2.75) is 0 Å². The number of rotatable bonds is 4. The summed E-state index contributed by atoms with van der Waals surface area (Å²) in [7, 11) is 1.81. The van der Waals surface area contributed by atoms with Gasteiger partial charge in [-0.1, -0.05) is 17.3 Å². The Labute approximate surface area is 138 Å². The molecule has 0 bridgehead atoms. The highest BCUT2D eigenvalue weighted by molar-refractivity contribution is 5.71. The zero-order valence-electron chi connectivity index (χ0n) is 12.9. The Morgan fingerprint density at radius 3 is 2.54 bits per heavy atom. The SMILES string of the molecule is CNc1ncccc1-c1noc(-c2ccc(-c3ccco3)cc2)n1. The van der Waals surface area contributed by atoms with Gasteiger partial charge in [0.15, 0.2) is 0 Å². The van der Waals surface area contributed by atoms with Crippen molar-refractivity contribution in [3.63, 3.8) is 0 Å². The van der Waals surface area contributed by atoms with Gasteiger partial charge in [-0.2, -0.15) is 4.98 Å². The molecule has 0 amide bonds. The maximum atomic E-state index is 5.40. The van der Waals surface area contributed by atoms with Crippen LogP contribution in [0, 0.1) is 0 Å². The summed E-state index contributed by atoms with van der Waals surface area (Å²) in [6.45, 7) is 0. The molecule has 0 aliphatic rings. The van der Waals surface area contributed by atoms with Gasteiger partial charge in [-0.3, -0.25) is 0 Å². The minimum Gasteiger partial charge on any atom is -0.464 e. The molecule has 4 rings (SSSR count). The van der Waals surface area contributed by atoms with Crippen molar-refractivity contribution in [1.29, 1.82) is 0 Å². The lowest BCUT2D eigenvalue weighted by Crippen LogP contribution is -1.95. The summed E-state index contributed by atoms with van der Waals surface area (Å²) in [5.41, 5.74) is 2.63. The van der Waals surface area contributed by atoms with Gasteiger partial charge in [0.2, 0.25) is 5.82 Å². The van der Waals surface area contributed by atoms with Crippen molar-refractivity contribution < 1.29 is 8.94 Å². The van der Waals surface area contributed by atoms with E-state index in [1.165, 1.54) is 0 Å².